The highest BCUT2D eigenvalue weighted by molar-refractivity contribution is 5.47. The predicted octanol–water partition coefficient (Wildman–Crippen LogP) is 2.16. The molecule has 0 amide bonds. The second-order valence-electron chi connectivity index (χ2n) is 7.36. The van der Waals surface area contributed by atoms with Crippen LogP contribution in [0, 0.1) is 6.92 Å². The van der Waals surface area contributed by atoms with Gasteiger partial charge >= 0.3 is 0 Å². The van der Waals surface area contributed by atoms with Gasteiger partial charge in [0.25, 0.3) is 0 Å². The van der Waals surface area contributed by atoms with Crippen LogP contribution in [0.5, 0.6) is 0 Å². The van der Waals surface area contributed by atoms with Crippen molar-refractivity contribution >= 4 is 5.82 Å². The Morgan fingerprint density at radius 1 is 1.29 bits per heavy atom. The van der Waals surface area contributed by atoms with E-state index in [9.17, 15) is 5.11 Å². The zero-order valence-electron chi connectivity index (χ0n) is 16.7. The molecule has 0 saturated heterocycles. The van der Waals surface area contributed by atoms with E-state index in [2.05, 4.69) is 27.0 Å². The smallest absolute Gasteiger partial charge is 0.139 e. The number of aliphatic hydroxyl groups is 1. The van der Waals surface area contributed by atoms with Gasteiger partial charge in [-0.15, -0.1) is 0 Å². The third kappa shape index (κ3) is 3.52. The Kier molecular flexibility index (Phi) is 5.13. The van der Waals surface area contributed by atoms with E-state index >= 15 is 0 Å². The Morgan fingerprint density at radius 3 is 2.89 bits per heavy atom. The average molecular weight is 381 g/mol. The van der Waals surface area contributed by atoms with Crippen molar-refractivity contribution in [1.82, 2.24) is 29.5 Å². The second kappa shape index (κ2) is 7.71. The number of aromatic nitrogens is 6. The highest BCUT2D eigenvalue weighted by Gasteiger charge is 2.24. The van der Waals surface area contributed by atoms with Crippen molar-refractivity contribution in [3.63, 3.8) is 0 Å². The average Bonchev–Trinajstić information content (AvgIpc) is 3.23. The number of aliphatic hydroxyl groups excluding tert-OH is 1. The van der Waals surface area contributed by atoms with Gasteiger partial charge in [0.2, 0.25) is 0 Å². The van der Waals surface area contributed by atoms with Crippen molar-refractivity contribution in [2.45, 2.75) is 52.3 Å². The van der Waals surface area contributed by atoms with Gasteiger partial charge in [0, 0.05) is 38.1 Å². The SMILES string of the molecule is CCCc1cnc(C)nc1N1CCCn2nc([C@H](O)c3ccnn3C)cc2C1. The summed E-state index contributed by atoms with van der Waals surface area (Å²) in [5, 5.41) is 19.6. The van der Waals surface area contributed by atoms with Gasteiger partial charge in [-0.2, -0.15) is 10.2 Å². The molecule has 4 rings (SSSR count). The van der Waals surface area contributed by atoms with Gasteiger partial charge in [-0.1, -0.05) is 13.3 Å². The maximum Gasteiger partial charge on any atom is 0.139 e. The molecule has 0 bridgehead atoms. The number of nitrogens with zero attached hydrogens (tertiary/aromatic N) is 7. The van der Waals surface area contributed by atoms with E-state index in [0.29, 0.717) is 5.69 Å². The lowest BCUT2D eigenvalue weighted by Gasteiger charge is -2.24. The summed E-state index contributed by atoms with van der Waals surface area (Å²) in [5.41, 5.74) is 3.68. The molecule has 148 valence electrons. The third-order valence-corrected chi connectivity index (χ3v) is 5.23. The summed E-state index contributed by atoms with van der Waals surface area (Å²) in [6.07, 6.45) is 5.87. The monoisotopic (exact) mass is 381 g/mol. The van der Waals surface area contributed by atoms with E-state index in [1.807, 2.05) is 37.0 Å². The summed E-state index contributed by atoms with van der Waals surface area (Å²) in [6.45, 7) is 6.59. The standard InChI is InChI=1S/C20H27N7O/c1-4-6-15-12-21-14(2)23-20(15)26-9-5-10-27-16(13-26)11-17(24-27)19(28)18-7-8-22-25(18)3/h7-8,11-12,19,28H,4-6,9-10,13H2,1-3H3/t19-/m0/s1. The highest BCUT2D eigenvalue weighted by Crippen LogP contribution is 2.26. The molecule has 1 atom stereocenters. The van der Waals surface area contributed by atoms with Crippen LogP contribution in [0.1, 0.15) is 54.3 Å². The van der Waals surface area contributed by atoms with Crippen LogP contribution in [0.4, 0.5) is 5.82 Å². The number of hydrogen-bond donors (Lipinski definition) is 1. The largest absolute Gasteiger partial charge is 0.380 e. The first-order valence-corrected chi connectivity index (χ1v) is 9.87. The normalized spacial score (nSPS) is 15.4. The molecule has 0 aromatic carbocycles. The molecule has 0 aliphatic carbocycles. The van der Waals surface area contributed by atoms with Crippen LogP contribution in [-0.4, -0.2) is 41.2 Å². The molecule has 8 nitrogen and oxygen atoms in total. The van der Waals surface area contributed by atoms with Crippen LogP contribution in [0.15, 0.2) is 24.5 Å². The van der Waals surface area contributed by atoms with E-state index < -0.39 is 6.10 Å². The number of hydrogen-bond acceptors (Lipinski definition) is 6. The lowest BCUT2D eigenvalue weighted by molar-refractivity contribution is 0.203. The lowest BCUT2D eigenvalue weighted by Crippen LogP contribution is -2.25. The molecule has 0 saturated carbocycles. The molecule has 3 aromatic heterocycles. The topological polar surface area (TPSA) is 84.9 Å². The van der Waals surface area contributed by atoms with Gasteiger partial charge in [-0.25, -0.2) is 9.97 Å². The van der Waals surface area contributed by atoms with Crippen molar-refractivity contribution in [1.29, 1.82) is 0 Å². The molecule has 1 aliphatic heterocycles. The van der Waals surface area contributed by atoms with Crippen LogP contribution < -0.4 is 4.90 Å². The van der Waals surface area contributed by atoms with Gasteiger partial charge in [0.15, 0.2) is 0 Å². The first kappa shape index (κ1) is 18.6. The zero-order valence-corrected chi connectivity index (χ0v) is 16.7. The minimum atomic E-state index is -0.780. The minimum absolute atomic E-state index is 0.660. The Hall–Kier alpha value is -2.74. The summed E-state index contributed by atoms with van der Waals surface area (Å²) >= 11 is 0. The van der Waals surface area contributed by atoms with E-state index in [-0.39, 0.29) is 0 Å². The summed E-state index contributed by atoms with van der Waals surface area (Å²) < 4.78 is 3.70. The van der Waals surface area contributed by atoms with E-state index in [4.69, 9.17) is 4.98 Å². The molecule has 4 heterocycles. The fraction of sp³-hybridized carbons (Fsp3) is 0.500. The van der Waals surface area contributed by atoms with Crippen molar-refractivity contribution in [3.05, 3.63) is 53.0 Å². The maximum atomic E-state index is 10.7. The van der Waals surface area contributed by atoms with Crippen molar-refractivity contribution in [3.8, 4) is 0 Å². The van der Waals surface area contributed by atoms with Crippen LogP contribution in [0.25, 0.3) is 0 Å². The summed E-state index contributed by atoms with van der Waals surface area (Å²) in [6, 6.07) is 3.83. The van der Waals surface area contributed by atoms with E-state index in [1.54, 1.807) is 10.9 Å². The minimum Gasteiger partial charge on any atom is -0.380 e. The van der Waals surface area contributed by atoms with Crippen LogP contribution in [0.2, 0.25) is 0 Å². The van der Waals surface area contributed by atoms with Gasteiger partial charge < -0.3 is 10.0 Å². The lowest BCUT2D eigenvalue weighted by atomic mass is 10.1. The van der Waals surface area contributed by atoms with Crippen molar-refractivity contribution in [2.75, 3.05) is 11.4 Å². The fourth-order valence-corrected chi connectivity index (χ4v) is 3.81. The van der Waals surface area contributed by atoms with Gasteiger partial charge in [-0.05, 0) is 31.9 Å². The Balaban J connectivity index is 1.63. The molecule has 0 fully saturated rings. The van der Waals surface area contributed by atoms with E-state index in [0.717, 1.165) is 61.9 Å². The quantitative estimate of drug-likeness (QED) is 0.729. The molecular formula is C20H27N7O. The number of anilines is 1. The van der Waals surface area contributed by atoms with Crippen molar-refractivity contribution in [2.24, 2.45) is 7.05 Å². The van der Waals surface area contributed by atoms with Crippen LogP contribution in [-0.2, 0) is 26.6 Å². The molecule has 8 heteroatoms. The molecule has 0 unspecified atom stereocenters. The summed E-state index contributed by atoms with van der Waals surface area (Å²) in [5.74, 6) is 1.82. The second-order valence-corrected chi connectivity index (χ2v) is 7.36. The molecule has 0 spiro atoms. The zero-order chi connectivity index (χ0) is 19.7. The molecule has 0 radical (unpaired) electrons. The number of aryl methyl sites for hydroxylation is 4. The van der Waals surface area contributed by atoms with E-state index in [1.165, 1.54) is 5.56 Å². The van der Waals surface area contributed by atoms with Gasteiger partial charge in [-0.3, -0.25) is 9.36 Å². The third-order valence-electron chi connectivity index (χ3n) is 5.23. The van der Waals surface area contributed by atoms with Crippen LogP contribution in [0.3, 0.4) is 0 Å². The molecular weight excluding hydrogens is 354 g/mol. The fourth-order valence-electron chi connectivity index (χ4n) is 3.81. The first-order chi connectivity index (χ1) is 13.6. The summed E-state index contributed by atoms with van der Waals surface area (Å²) in [4.78, 5) is 11.5. The number of fused-ring (bicyclic) bond motifs is 1. The molecule has 1 N–H and O–H groups in total. The summed E-state index contributed by atoms with van der Waals surface area (Å²) in [7, 11) is 1.83. The number of rotatable bonds is 5. The maximum absolute atomic E-state index is 10.7. The molecule has 28 heavy (non-hydrogen) atoms. The van der Waals surface area contributed by atoms with Crippen LogP contribution >= 0.6 is 0 Å². The van der Waals surface area contributed by atoms with Gasteiger partial charge in [0.1, 0.15) is 17.7 Å². The van der Waals surface area contributed by atoms with Gasteiger partial charge in [0.05, 0.1) is 23.6 Å². The predicted molar refractivity (Wildman–Crippen MR) is 106 cm³/mol. The Labute approximate surface area is 164 Å². The Morgan fingerprint density at radius 2 is 2.14 bits per heavy atom. The molecule has 1 aliphatic rings. The highest BCUT2D eigenvalue weighted by atomic mass is 16.3. The Bertz CT molecular complexity index is 961. The first-order valence-electron chi connectivity index (χ1n) is 9.87. The van der Waals surface area contributed by atoms with Crippen molar-refractivity contribution < 1.29 is 5.11 Å². The molecule has 3 aromatic rings.